The van der Waals surface area contributed by atoms with Gasteiger partial charge in [-0.05, 0) is 49.2 Å². The smallest absolute Gasteiger partial charge is 0.166 e. The molecule has 0 bridgehead atoms. The summed E-state index contributed by atoms with van der Waals surface area (Å²) in [7, 11) is 1.62. The SMILES string of the molecule is COc1ccc(C(=O)C2CCN(c3ccc(C#N)nc3)CC2)cc1. The van der Waals surface area contributed by atoms with Crippen LogP contribution in [0.15, 0.2) is 42.6 Å². The van der Waals surface area contributed by atoms with Crippen LogP contribution in [-0.2, 0) is 0 Å². The van der Waals surface area contributed by atoms with Gasteiger partial charge in [-0.15, -0.1) is 0 Å². The summed E-state index contributed by atoms with van der Waals surface area (Å²) in [5.74, 6) is 1.02. The molecule has 1 aromatic carbocycles. The molecule has 0 N–H and O–H groups in total. The number of ether oxygens (including phenoxy) is 1. The van der Waals surface area contributed by atoms with Gasteiger partial charge in [0.05, 0.1) is 19.0 Å². The maximum Gasteiger partial charge on any atom is 0.166 e. The number of nitrogens with zero attached hydrogens (tertiary/aromatic N) is 3. The molecule has 122 valence electrons. The van der Waals surface area contributed by atoms with Crippen molar-refractivity contribution in [1.29, 1.82) is 5.26 Å². The Balaban J connectivity index is 1.61. The minimum atomic E-state index is 0.0565. The van der Waals surface area contributed by atoms with E-state index in [0.717, 1.165) is 42.9 Å². The number of Topliss-reactive ketones (excluding diaryl/α,β-unsaturated/α-hetero) is 1. The van der Waals surface area contributed by atoms with E-state index in [0.29, 0.717) is 5.69 Å². The molecule has 24 heavy (non-hydrogen) atoms. The van der Waals surface area contributed by atoms with Crippen LogP contribution in [0.2, 0.25) is 0 Å². The number of carbonyl (C=O) groups is 1. The van der Waals surface area contributed by atoms with E-state index in [-0.39, 0.29) is 11.7 Å². The van der Waals surface area contributed by atoms with Gasteiger partial charge in [-0.2, -0.15) is 5.26 Å². The van der Waals surface area contributed by atoms with Crippen LogP contribution in [0.1, 0.15) is 28.9 Å². The van der Waals surface area contributed by atoms with Crippen molar-refractivity contribution in [3.63, 3.8) is 0 Å². The van der Waals surface area contributed by atoms with E-state index in [9.17, 15) is 4.79 Å². The molecule has 1 aliphatic heterocycles. The summed E-state index contributed by atoms with van der Waals surface area (Å²) in [6.07, 6.45) is 3.37. The molecule has 1 aliphatic rings. The van der Waals surface area contributed by atoms with Crippen molar-refractivity contribution < 1.29 is 9.53 Å². The van der Waals surface area contributed by atoms with Crippen LogP contribution in [0.3, 0.4) is 0 Å². The van der Waals surface area contributed by atoms with Crippen molar-refractivity contribution in [2.45, 2.75) is 12.8 Å². The standard InChI is InChI=1S/C19H19N3O2/c1-24-18-6-2-14(3-7-18)19(23)15-8-10-22(11-9-15)17-5-4-16(12-20)21-13-17/h2-7,13,15H,8-11H2,1H3. The van der Waals surface area contributed by atoms with Crippen molar-refractivity contribution in [1.82, 2.24) is 4.98 Å². The fourth-order valence-corrected chi connectivity index (χ4v) is 3.03. The van der Waals surface area contributed by atoms with Gasteiger partial charge in [-0.25, -0.2) is 4.98 Å². The maximum atomic E-state index is 12.6. The zero-order valence-corrected chi connectivity index (χ0v) is 13.6. The molecule has 0 unspecified atom stereocenters. The molecule has 3 rings (SSSR count). The lowest BCUT2D eigenvalue weighted by Crippen LogP contribution is -2.36. The van der Waals surface area contributed by atoms with Crippen LogP contribution < -0.4 is 9.64 Å². The highest BCUT2D eigenvalue weighted by atomic mass is 16.5. The average Bonchev–Trinajstić information content (AvgIpc) is 2.68. The Labute approximate surface area is 141 Å². The number of hydrogen-bond acceptors (Lipinski definition) is 5. The first-order valence-corrected chi connectivity index (χ1v) is 8.00. The molecule has 0 aliphatic carbocycles. The summed E-state index contributed by atoms with van der Waals surface area (Å²) in [5.41, 5.74) is 2.17. The first-order valence-electron chi connectivity index (χ1n) is 8.00. The minimum absolute atomic E-state index is 0.0565. The van der Waals surface area contributed by atoms with Gasteiger partial charge in [0.25, 0.3) is 0 Å². The molecule has 0 radical (unpaired) electrons. The number of benzene rings is 1. The molecule has 5 heteroatoms. The first kappa shape index (κ1) is 16.0. The van der Waals surface area contributed by atoms with E-state index >= 15 is 0 Å². The Kier molecular flexibility index (Phi) is 4.76. The Hall–Kier alpha value is -2.87. The molecule has 2 heterocycles. The van der Waals surface area contributed by atoms with Crippen LogP contribution in [0.25, 0.3) is 0 Å². The van der Waals surface area contributed by atoms with Gasteiger partial charge < -0.3 is 9.64 Å². The van der Waals surface area contributed by atoms with Gasteiger partial charge in [0.15, 0.2) is 5.78 Å². The fraction of sp³-hybridized carbons (Fsp3) is 0.316. The molecular formula is C19H19N3O2. The van der Waals surface area contributed by atoms with Crippen molar-refractivity contribution in [3.8, 4) is 11.8 Å². The Morgan fingerprint density at radius 3 is 2.46 bits per heavy atom. The summed E-state index contributed by atoms with van der Waals surface area (Å²) < 4.78 is 5.13. The third kappa shape index (κ3) is 3.38. The van der Waals surface area contributed by atoms with Gasteiger partial charge >= 0.3 is 0 Å². The lowest BCUT2D eigenvalue weighted by Gasteiger charge is -2.32. The quantitative estimate of drug-likeness (QED) is 0.810. The monoisotopic (exact) mass is 321 g/mol. The minimum Gasteiger partial charge on any atom is -0.497 e. The molecule has 0 atom stereocenters. The zero-order chi connectivity index (χ0) is 16.9. The molecule has 1 fully saturated rings. The number of rotatable bonds is 4. The zero-order valence-electron chi connectivity index (χ0n) is 13.6. The molecule has 0 saturated carbocycles. The predicted octanol–water partition coefficient (Wildman–Crippen LogP) is 3.06. The van der Waals surface area contributed by atoms with Crippen molar-refractivity contribution in [2.24, 2.45) is 5.92 Å². The third-order valence-electron chi connectivity index (χ3n) is 4.47. The van der Waals surface area contributed by atoms with E-state index in [1.54, 1.807) is 19.4 Å². The fourth-order valence-electron chi connectivity index (χ4n) is 3.03. The molecule has 1 aromatic heterocycles. The molecule has 0 amide bonds. The number of nitriles is 1. The third-order valence-corrected chi connectivity index (χ3v) is 4.47. The maximum absolute atomic E-state index is 12.6. The number of methoxy groups -OCH3 is 1. The normalized spacial score (nSPS) is 14.9. The highest BCUT2D eigenvalue weighted by Crippen LogP contribution is 2.26. The van der Waals surface area contributed by atoms with E-state index in [4.69, 9.17) is 10.00 Å². The number of anilines is 1. The van der Waals surface area contributed by atoms with E-state index in [1.807, 2.05) is 36.4 Å². The summed E-state index contributed by atoms with van der Waals surface area (Å²) in [6.45, 7) is 1.64. The Morgan fingerprint density at radius 1 is 1.21 bits per heavy atom. The molecular weight excluding hydrogens is 302 g/mol. The Morgan fingerprint density at radius 2 is 1.92 bits per heavy atom. The van der Waals surface area contributed by atoms with Crippen LogP contribution in [-0.4, -0.2) is 31.0 Å². The van der Waals surface area contributed by atoms with Gasteiger partial charge in [0.1, 0.15) is 17.5 Å². The van der Waals surface area contributed by atoms with Crippen molar-refractivity contribution in [2.75, 3.05) is 25.1 Å². The summed E-state index contributed by atoms with van der Waals surface area (Å²) in [5, 5.41) is 8.80. The first-order chi connectivity index (χ1) is 11.7. The topological polar surface area (TPSA) is 66.2 Å². The second kappa shape index (κ2) is 7.14. The van der Waals surface area contributed by atoms with Gasteiger partial charge in [0, 0.05) is 24.6 Å². The van der Waals surface area contributed by atoms with E-state index < -0.39 is 0 Å². The highest BCUT2D eigenvalue weighted by Gasteiger charge is 2.26. The number of pyridine rings is 1. The van der Waals surface area contributed by atoms with E-state index in [2.05, 4.69) is 9.88 Å². The predicted molar refractivity (Wildman–Crippen MR) is 91.2 cm³/mol. The summed E-state index contributed by atoms with van der Waals surface area (Å²) in [6, 6.07) is 13.0. The number of ketones is 1. The van der Waals surface area contributed by atoms with Gasteiger partial charge in [0.2, 0.25) is 0 Å². The molecule has 1 saturated heterocycles. The number of hydrogen-bond donors (Lipinski definition) is 0. The highest BCUT2D eigenvalue weighted by molar-refractivity contribution is 5.98. The van der Waals surface area contributed by atoms with Gasteiger partial charge in [-0.3, -0.25) is 4.79 Å². The molecule has 5 nitrogen and oxygen atoms in total. The van der Waals surface area contributed by atoms with Crippen molar-refractivity contribution >= 4 is 11.5 Å². The summed E-state index contributed by atoms with van der Waals surface area (Å²) >= 11 is 0. The van der Waals surface area contributed by atoms with Crippen LogP contribution >= 0.6 is 0 Å². The molecule has 2 aromatic rings. The number of carbonyl (C=O) groups excluding carboxylic acids is 1. The summed E-state index contributed by atoms with van der Waals surface area (Å²) in [4.78, 5) is 18.9. The average molecular weight is 321 g/mol. The second-order valence-corrected chi connectivity index (χ2v) is 5.87. The molecule has 0 spiro atoms. The van der Waals surface area contributed by atoms with E-state index in [1.165, 1.54) is 0 Å². The van der Waals surface area contributed by atoms with Crippen molar-refractivity contribution in [3.05, 3.63) is 53.9 Å². The van der Waals surface area contributed by atoms with Crippen LogP contribution in [0.5, 0.6) is 5.75 Å². The largest absolute Gasteiger partial charge is 0.497 e. The van der Waals surface area contributed by atoms with Crippen LogP contribution in [0.4, 0.5) is 5.69 Å². The lowest BCUT2D eigenvalue weighted by atomic mass is 9.88. The van der Waals surface area contributed by atoms with Gasteiger partial charge in [-0.1, -0.05) is 0 Å². The number of aromatic nitrogens is 1. The second-order valence-electron chi connectivity index (χ2n) is 5.87. The Bertz CT molecular complexity index is 740. The lowest BCUT2D eigenvalue weighted by molar-refractivity contribution is 0.0900. The number of piperidine rings is 1. The van der Waals surface area contributed by atoms with Crippen LogP contribution in [0, 0.1) is 17.2 Å².